The van der Waals surface area contributed by atoms with Crippen molar-refractivity contribution in [3.05, 3.63) is 0 Å². The van der Waals surface area contributed by atoms with Crippen molar-refractivity contribution in [1.82, 2.24) is 5.32 Å². The fourth-order valence-corrected chi connectivity index (χ4v) is 3.97. The number of piperidine rings is 1. The van der Waals surface area contributed by atoms with Crippen LogP contribution in [0.5, 0.6) is 0 Å². The minimum absolute atomic E-state index is 0.0444. The molecule has 120 valence electrons. The number of amides is 2. The van der Waals surface area contributed by atoms with Crippen LogP contribution >= 0.6 is 0 Å². The zero-order valence-electron chi connectivity index (χ0n) is 12.4. The van der Waals surface area contributed by atoms with Gasteiger partial charge in [-0.1, -0.05) is 20.3 Å². The third kappa shape index (κ3) is 3.40. The molecule has 1 heterocycles. The lowest BCUT2D eigenvalue weighted by Crippen LogP contribution is -2.55. The highest BCUT2D eigenvalue weighted by atomic mass is 19.4. The summed E-state index contributed by atoms with van der Waals surface area (Å²) in [4.78, 5) is 23.9. The lowest BCUT2D eigenvalue weighted by atomic mass is 9.58. The maximum absolute atomic E-state index is 13.1. The van der Waals surface area contributed by atoms with Crippen LogP contribution in [0.1, 0.15) is 52.4 Å². The molecule has 1 N–H and O–H groups in total. The molecule has 2 fully saturated rings. The summed E-state index contributed by atoms with van der Waals surface area (Å²) in [7, 11) is 0. The van der Waals surface area contributed by atoms with Crippen molar-refractivity contribution in [3.63, 3.8) is 0 Å². The molecule has 3 unspecified atom stereocenters. The van der Waals surface area contributed by atoms with E-state index in [1.165, 1.54) is 0 Å². The molecule has 0 bridgehead atoms. The molecule has 1 aliphatic carbocycles. The number of imide groups is 1. The summed E-state index contributed by atoms with van der Waals surface area (Å²) in [6.45, 7) is 3.89. The maximum Gasteiger partial charge on any atom is 0.391 e. The van der Waals surface area contributed by atoms with E-state index in [9.17, 15) is 22.8 Å². The van der Waals surface area contributed by atoms with Gasteiger partial charge in [-0.15, -0.1) is 0 Å². The average Bonchev–Trinajstić information content (AvgIpc) is 2.33. The van der Waals surface area contributed by atoms with Crippen LogP contribution in [0.15, 0.2) is 0 Å². The van der Waals surface area contributed by atoms with Gasteiger partial charge in [0.25, 0.3) is 0 Å². The second-order valence-corrected chi connectivity index (χ2v) is 6.97. The van der Waals surface area contributed by atoms with E-state index in [0.29, 0.717) is 19.3 Å². The smallest absolute Gasteiger partial charge is 0.296 e. The Balaban J connectivity index is 2.29. The molecule has 6 heteroatoms. The molecule has 21 heavy (non-hydrogen) atoms. The van der Waals surface area contributed by atoms with Crippen LogP contribution in [-0.2, 0) is 9.59 Å². The molecule has 3 atom stereocenters. The number of carbonyl (C=O) groups is 2. The Morgan fingerprint density at radius 1 is 1.33 bits per heavy atom. The van der Waals surface area contributed by atoms with Crippen molar-refractivity contribution in [1.29, 1.82) is 0 Å². The molecule has 1 saturated heterocycles. The van der Waals surface area contributed by atoms with Gasteiger partial charge in [0.15, 0.2) is 0 Å². The third-order valence-corrected chi connectivity index (χ3v) is 4.88. The molecule has 3 nitrogen and oxygen atoms in total. The molecule has 0 radical (unpaired) electrons. The summed E-state index contributed by atoms with van der Waals surface area (Å²) in [5.74, 6) is -2.48. The van der Waals surface area contributed by atoms with Crippen molar-refractivity contribution in [2.45, 2.75) is 58.5 Å². The molecule has 2 aliphatic rings. The Labute approximate surface area is 122 Å². The second kappa shape index (κ2) is 5.61. The number of nitrogens with one attached hydrogen (secondary N) is 1. The molecule has 1 aliphatic heterocycles. The molecule has 1 saturated carbocycles. The van der Waals surface area contributed by atoms with Gasteiger partial charge in [0, 0.05) is 12.3 Å². The molecule has 0 aromatic heterocycles. The summed E-state index contributed by atoms with van der Waals surface area (Å²) >= 11 is 0. The fourth-order valence-electron chi connectivity index (χ4n) is 3.97. The first kappa shape index (κ1) is 16.3. The highest BCUT2D eigenvalue weighted by Gasteiger charge is 2.54. The topological polar surface area (TPSA) is 46.2 Å². The van der Waals surface area contributed by atoms with Crippen molar-refractivity contribution in [2.24, 2.45) is 23.2 Å². The minimum atomic E-state index is -4.24. The zero-order valence-corrected chi connectivity index (χ0v) is 12.4. The van der Waals surface area contributed by atoms with Gasteiger partial charge in [0.1, 0.15) is 0 Å². The summed E-state index contributed by atoms with van der Waals surface area (Å²) in [5.41, 5.74) is -0.803. The predicted octanol–water partition coefficient (Wildman–Crippen LogP) is 3.43. The van der Waals surface area contributed by atoms with E-state index in [0.717, 1.165) is 0 Å². The van der Waals surface area contributed by atoms with Gasteiger partial charge >= 0.3 is 6.18 Å². The van der Waals surface area contributed by atoms with Crippen molar-refractivity contribution < 1.29 is 22.8 Å². The molecule has 1 spiro atoms. The maximum atomic E-state index is 13.1. The summed E-state index contributed by atoms with van der Waals surface area (Å²) in [6, 6.07) is 0. The lowest BCUT2D eigenvalue weighted by molar-refractivity contribution is -0.199. The fraction of sp³-hybridized carbons (Fsp3) is 0.867. The van der Waals surface area contributed by atoms with Crippen molar-refractivity contribution in [3.8, 4) is 0 Å². The first-order valence-corrected chi connectivity index (χ1v) is 7.54. The zero-order chi connectivity index (χ0) is 15.8. The van der Waals surface area contributed by atoms with Gasteiger partial charge in [-0.2, -0.15) is 13.2 Å². The van der Waals surface area contributed by atoms with Gasteiger partial charge < -0.3 is 0 Å². The van der Waals surface area contributed by atoms with E-state index in [1.54, 1.807) is 0 Å². The van der Waals surface area contributed by atoms with E-state index in [1.807, 2.05) is 13.8 Å². The summed E-state index contributed by atoms with van der Waals surface area (Å²) in [5, 5.41) is 2.30. The average molecular weight is 305 g/mol. The van der Waals surface area contributed by atoms with E-state index in [4.69, 9.17) is 0 Å². The number of carbonyl (C=O) groups excluding carboxylic acids is 2. The standard InChI is InChI=1S/C15H22F3NO2/c1-9(2)6-11-13(21)19-12(20)8-14(11)5-3-4-10(7-14)15(16,17)18/h9-11H,3-8H2,1-2H3,(H,19,20,21). The van der Waals surface area contributed by atoms with Gasteiger partial charge in [0.05, 0.1) is 5.92 Å². The quantitative estimate of drug-likeness (QED) is 0.794. The van der Waals surface area contributed by atoms with Gasteiger partial charge in [-0.05, 0) is 37.0 Å². The van der Waals surface area contributed by atoms with E-state index in [-0.39, 0.29) is 31.1 Å². The van der Waals surface area contributed by atoms with Crippen LogP contribution in [-0.4, -0.2) is 18.0 Å². The van der Waals surface area contributed by atoms with Crippen molar-refractivity contribution >= 4 is 11.8 Å². The predicted molar refractivity (Wildman–Crippen MR) is 71.2 cm³/mol. The van der Waals surface area contributed by atoms with E-state index >= 15 is 0 Å². The molecule has 0 aromatic carbocycles. The monoisotopic (exact) mass is 305 g/mol. The van der Waals surface area contributed by atoms with Crippen LogP contribution in [0.25, 0.3) is 0 Å². The number of rotatable bonds is 2. The largest absolute Gasteiger partial charge is 0.391 e. The Morgan fingerprint density at radius 3 is 2.57 bits per heavy atom. The Bertz CT molecular complexity index is 433. The number of halogens is 3. The van der Waals surface area contributed by atoms with Crippen LogP contribution in [0.3, 0.4) is 0 Å². The van der Waals surface area contributed by atoms with Gasteiger partial charge in [-0.25, -0.2) is 0 Å². The molecule has 0 aromatic rings. The van der Waals surface area contributed by atoms with Gasteiger partial charge in [-0.3, -0.25) is 14.9 Å². The molecule has 2 amide bonds. The highest BCUT2D eigenvalue weighted by molar-refractivity contribution is 5.99. The van der Waals surface area contributed by atoms with Crippen LogP contribution in [0.2, 0.25) is 0 Å². The summed E-state index contributed by atoms with van der Waals surface area (Å²) in [6.07, 6.45) is -2.68. The Kier molecular flexibility index (Phi) is 4.36. The van der Waals surface area contributed by atoms with Crippen LogP contribution < -0.4 is 5.32 Å². The molecular weight excluding hydrogens is 283 g/mol. The summed E-state index contributed by atoms with van der Waals surface area (Å²) < 4.78 is 39.2. The number of hydrogen-bond donors (Lipinski definition) is 1. The first-order valence-electron chi connectivity index (χ1n) is 7.54. The molecular formula is C15H22F3NO2. The Hall–Kier alpha value is -1.07. The SMILES string of the molecule is CC(C)CC1C(=O)NC(=O)CC12CCCC(C(F)(F)F)C2. The molecule has 2 rings (SSSR count). The van der Waals surface area contributed by atoms with Crippen molar-refractivity contribution in [2.75, 3.05) is 0 Å². The normalized spacial score (nSPS) is 34.4. The Morgan fingerprint density at radius 2 is 2.00 bits per heavy atom. The number of hydrogen-bond acceptors (Lipinski definition) is 2. The first-order chi connectivity index (χ1) is 9.64. The van der Waals surface area contributed by atoms with E-state index in [2.05, 4.69) is 5.32 Å². The minimum Gasteiger partial charge on any atom is -0.296 e. The lowest BCUT2D eigenvalue weighted by Gasteiger charge is -2.48. The number of alkyl halides is 3. The van der Waals surface area contributed by atoms with Crippen LogP contribution in [0.4, 0.5) is 13.2 Å². The second-order valence-electron chi connectivity index (χ2n) is 6.97. The third-order valence-electron chi connectivity index (χ3n) is 4.88. The van der Waals surface area contributed by atoms with E-state index < -0.39 is 29.3 Å². The van der Waals surface area contributed by atoms with Gasteiger partial charge in [0.2, 0.25) is 11.8 Å². The van der Waals surface area contributed by atoms with Crippen LogP contribution in [0, 0.1) is 23.2 Å². The highest BCUT2D eigenvalue weighted by Crippen LogP contribution is 2.54.